The molecular weight excluding hydrogens is 410 g/mol. The van der Waals surface area contributed by atoms with Crippen LogP contribution in [-0.4, -0.2) is 38.7 Å². The van der Waals surface area contributed by atoms with Gasteiger partial charge in [0.05, 0.1) is 17.4 Å². The summed E-state index contributed by atoms with van der Waals surface area (Å²) in [6.07, 6.45) is 7.43. The number of piperidine rings is 1. The molecule has 0 radical (unpaired) electrons. The van der Waals surface area contributed by atoms with Gasteiger partial charge < -0.3 is 5.32 Å². The first kappa shape index (κ1) is 23.2. The number of nitrogens with zero attached hydrogens (tertiary/aromatic N) is 4. The molecule has 1 aliphatic rings. The molecule has 4 rings (SSSR count). The molecule has 2 atom stereocenters. The fourth-order valence-corrected chi connectivity index (χ4v) is 4.77. The van der Waals surface area contributed by atoms with Crippen LogP contribution >= 0.6 is 0 Å². The lowest BCUT2D eigenvalue weighted by molar-refractivity contribution is -0.122. The number of benzene rings is 1. The second kappa shape index (κ2) is 11.2. The van der Waals surface area contributed by atoms with E-state index in [9.17, 15) is 4.79 Å². The van der Waals surface area contributed by atoms with Gasteiger partial charge in [0.2, 0.25) is 5.91 Å². The van der Waals surface area contributed by atoms with Crippen molar-refractivity contribution in [1.82, 2.24) is 25.0 Å². The lowest BCUT2D eigenvalue weighted by atomic mass is 9.88. The zero-order chi connectivity index (χ0) is 23.0. The van der Waals surface area contributed by atoms with Gasteiger partial charge in [0.15, 0.2) is 0 Å². The predicted molar refractivity (Wildman–Crippen MR) is 131 cm³/mol. The molecule has 3 heterocycles. The number of nitrogens with one attached hydrogen (secondary N) is 1. The molecule has 2 aromatic heterocycles. The van der Waals surface area contributed by atoms with Crippen LogP contribution in [0.3, 0.4) is 0 Å². The van der Waals surface area contributed by atoms with E-state index >= 15 is 0 Å². The topological polar surface area (TPSA) is 63.0 Å². The van der Waals surface area contributed by atoms with Gasteiger partial charge >= 0.3 is 0 Å². The van der Waals surface area contributed by atoms with E-state index < -0.39 is 0 Å². The third-order valence-corrected chi connectivity index (χ3v) is 6.59. The van der Waals surface area contributed by atoms with Gasteiger partial charge in [-0.1, -0.05) is 36.4 Å². The summed E-state index contributed by atoms with van der Waals surface area (Å²) < 4.78 is 2.01. The fourth-order valence-electron chi connectivity index (χ4n) is 4.77. The van der Waals surface area contributed by atoms with E-state index in [1.165, 1.54) is 11.1 Å². The molecule has 1 aromatic carbocycles. The quantitative estimate of drug-likeness (QED) is 0.533. The molecule has 0 bridgehead atoms. The van der Waals surface area contributed by atoms with Crippen molar-refractivity contribution < 1.29 is 4.79 Å². The zero-order valence-corrected chi connectivity index (χ0v) is 19.8. The van der Waals surface area contributed by atoms with Crippen LogP contribution in [0.2, 0.25) is 0 Å². The molecule has 1 saturated heterocycles. The summed E-state index contributed by atoms with van der Waals surface area (Å²) >= 11 is 0. The average Bonchev–Trinajstić information content (AvgIpc) is 3.21. The number of aromatic nitrogens is 3. The van der Waals surface area contributed by atoms with Crippen LogP contribution in [0.4, 0.5) is 0 Å². The van der Waals surface area contributed by atoms with Crippen molar-refractivity contribution >= 4 is 5.91 Å². The molecule has 0 saturated carbocycles. The maximum absolute atomic E-state index is 12.9. The van der Waals surface area contributed by atoms with Crippen molar-refractivity contribution in [2.45, 2.75) is 58.7 Å². The number of pyridine rings is 1. The SMILES string of the molecule is CCn1cc(CN2CCCC(C(NC(=O)CCc3ccccc3)c3ccccn3)C2)c(C)n1. The van der Waals surface area contributed by atoms with Crippen LogP contribution in [0, 0.1) is 12.8 Å². The Hall–Kier alpha value is -2.99. The predicted octanol–water partition coefficient (Wildman–Crippen LogP) is 4.31. The first-order valence-corrected chi connectivity index (χ1v) is 12.1. The first-order chi connectivity index (χ1) is 16.1. The van der Waals surface area contributed by atoms with E-state index in [0.717, 1.165) is 56.8 Å². The van der Waals surface area contributed by atoms with E-state index in [2.05, 4.69) is 52.5 Å². The molecule has 6 nitrogen and oxygen atoms in total. The number of rotatable bonds is 9. The van der Waals surface area contributed by atoms with Gasteiger partial charge in [0.1, 0.15) is 0 Å². The molecule has 1 aliphatic heterocycles. The highest BCUT2D eigenvalue weighted by atomic mass is 16.1. The highest BCUT2D eigenvalue weighted by Crippen LogP contribution is 2.30. The summed E-state index contributed by atoms with van der Waals surface area (Å²) in [5, 5.41) is 7.94. The Morgan fingerprint density at radius 3 is 2.73 bits per heavy atom. The van der Waals surface area contributed by atoms with Crippen molar-refractivity contribution in [3.05, 3.63) is 83.4 Å². The summed E-state index contributed by atoms with van der Waals surface area (Å²) in [6.45, 7) is 8.01. The number of aryl methyl sites for hydroxylation is 3. The number of amides is 1. The van der Waals surface area contributed by atoms with Gasteiger partial charge in [-0.2, -0.15) is 5.10 Å². The molecule has 2 unspecified atom stereocenters. The van der Waals surface area contributed by atoms with Crippen LogP contribution in [0.5, 0.6) is 0 Å². The summed E-state index contributed by atoms with van der Waals surface area (Å²) in [5.41, 5.74) is 4.54. The van der Waals surface area contributed by atoms with Gasteiger partial charge in [-0.15, -0.1) is 0 Å². The zero-order valence-electron chi connectivity index (χ0n) is 19.8. The summed E-state index contributed by atoms with van der Waals surface area (Å²) in [5.74, 6) is 0.419. The Bertz CT molecular complexity index is 1020. The van der Waals surface area contributed by atoms with Gasteiger partial charge in [-0.3, -0.25) is 19.4 Å². The molecule has 1 N–H and O–H groups in total. The number of likely N-dealkylation sites (tertiary alicyclic amines) is 1. The molecule has 1 amide bonds. The smallest absolute Gasteiger partial charge is 0.220 e. The van der Waals surface area contributed by atoms with Gasteiger partial charge in [-0.25, -0.2) is 0 Å². The number of hydrogen-bond donors (Lipinski definition) is 1. The van der Waals surface area contributed by atoms with Gasteiger partial charge in [0.25, 0.3) is 0 Å². The molecule has 6 heteroatoms. The monoisotopic (exact) mass is 445 g/mol. The average molecular weight is 446 g/mol. The Morgan fingerprint density at radius 1 is 1.18 bits per heavy atom. The lowest BCUT2D eigenvalue weighted by Crippen LogP contribution is -2.43. The Balaban J connectivity index is 1.43. The highest BCUT2D eigenvalue weighted by Gasteiger charge is 2.30. The molecule has 174 valence electrons. The third kappa shape index (κ3) is 6.29. The number of hydrogen-bond acceptors (Lipinski definition) is 4. The molecule has 0 aliphatic carbocycles. The second-order valence-electron chi connectivity index (χ2n) is 9.02. The van der Waals surface area contributed by atoms with Crippen LogP contribution in [0.25, 0.3) is 0 Å². The Morgan fingerprint density at radius 2 is 2.00 bits per heavy atom. The maximum Gasteiger partial charge on any atom is 0.220 e. The largest absolute Gasteiger partial charge is 0.347 e. The molecular formula is C27H35N5O. The van der Waals surface area contributed by atoms with E-state index in [1.54, 1.807) is 0 Å². The fraction of sp³-hybridized carbons (Fsp3) is 0.444. The molecule has 33 heavy (non-hydrogen) atoms. The minimum Gasteiger partial charge on any atom is -0.347 e. The minimum atomic E-state index is -0.0725. The minimum absolute atomic E-state index is 0.0725. The molecule has 1 fully saturated rings. The summed E-state index contributed by atoms with van der Waals surface area (Å²) in [4.78, 5) is 20.1. The van der Waals surface area contributed by atoms with Crippen molar-refractivity contribution in [2.24, 2.45) is 5.92 Å². The van der Waals surface area contributed by atoms with Crippen LogP contribution in [0.1, 0.15) is 54.7 Å². The normalized spacial score (nSPS) is 17.6. The second-order valence-corrected chi connectivity index (χ2v) is 9.02. The third-order valence-electron chi connectivity index (χ3n) is 6.59. The van der Waals surface area contributed by atoms with Crippen molar-refractivity contribution in [3.63, 3.8) is 0 Å². The number of carbonyl (C=O) groups excluding carboxylic acids is 1. The van der Waals surface area contributed by atoms with Crippen molar-refractivity contribution in [1.29, 1.82) is 0 Å². The van der Waals surface area contributed by atoms with Crippen LogP contribution in [0.15, 0.2) is 60.9 Å². The van der Waals surface area contributed by atoms with Crippen LogP contribution in [-0.2, 0) is 24.3 Å². The van der Waals surface area contributed by atoms with E-state index in [1.807, 2.05) is 47.3 Å². The van der Waals surface area contributed by atoms with Gasteiger partial charge in [-0.05, 0) is 63.3 Å². The maximum atomic E-state index is 12.9. The van der Waals surface area contributed by atoms with Crippen molar-refractivity contribution in [2.75, 3.05) is 13.1 Å². The Labute approximate surface area is 197 Å². The number of carbonyl (C=O) groups is 1. The van der Waals surface area contributed by atoms with Gasteiger partial charge in [0, 0.05) is 44.0 Å². The lowest BCUT2D eigenvalue weighted by Gasteiger charge is -2.37. The Kier molecular flexibility index (Phi) is 7.89. The summed E-state index contributed by atoms with van der Waals surface area (Å²) in [7, 11) is 0. The standard InChI is InChI=1S/C27H35N5O/c1-3-32-20-24(21(2)30-32)19-31-17-9-12-23(18-31)27(25-13-7-8-16-28-25)29-26(33)15-14-22-10-5-4-6-11-22/h4-8,10-11,13,16,20,23,27H,3,9,12,14-15,17-19H2,1-2H3,(H,29,33). The van der Waals surface area contributed by atoms with Crippen LogP contribution < -0.4 is 5.32 Å². The molecule has 0 spiro atoms. The van der Waals surface area contributed by atoms with E-state index in [-0.39, 0.29) is 11.9 Å². The van der Waals surface area contributed by atoms with E-state index in [0.29, 0.717) is 12.3 Å². The first-order valence-electron chi connectivity index (χ1n) is 12.1. The summed E-state index contributed by atoms with van der Waals surface area (Å²) in [6, 6.07) is 16.1. The molecule has 3 aromatic rings. The highest BCUT2D eigenvalue weighted by molar-refractivity contribution is 5.76. The van der Waals surface area contributed by atoms with Crippen molar-refractivity contribution in [3.8, 4) is 0 Å². The van der Waals surface area contributed by atoms with E-state index in [4.69, 9.17) is 0 Å².